The molecule has 0 unspecified atom stereocenters. The van der Waals surface area contributed by atoms with Crippen molar-refractivity contribution in [3.8, 4) is 17.1 Å². The molecule has 0 N–H and O–H groups in total. The van der Waals surface area contributed by atoms with E-state index in [1.165, 1.54) is 5.56 Å². The normalized spacial score (nSPS) is 10.8. The molecule has 1 aromatic carbocycles. The molecule has 0 radical (unpaired) electrons. The number of hydrogen-bond donors (Lipinski definition) is 0. The molecular weight excluding hydrogens is 226 g/mol. The highest BCUT2D eigenvalue weighted by atomic mass is 16.5. The minimum Gasteiger partial charge on any atom is -0.493 e. The summed E-state index contributed by atoms with van der Waals surface area (Å²) in [5, 5.41) is 4.46. The molecule has 90 valence electrons. The van der Waals surface area contributed by atoms with Gasteiger partial charge in [0.2, 0.25) is 0 Å². The van der Waals surface area contributed by atoms with Gasteiger partial charge in [0.25, 0.3) is 0 Å². The van der Waals surface area contributed by atoms with Gasteiger partial charge in [-0.25, -0.2) is 9.50 Å². The molecule has 18 heavy (non-hydrogen) atoms. The van der Waals surface area contributed by atoms with Gasteiger partial charge in [0, 0.05) is 11.8 Å². The Hall–Kier alpha value is -2.36. The van der Waals surface area contributed by atoms with Gasteiger partial charge in [0.05, 0.1) is 7.11 Å². The third-order valence-corrected chi connectivity index (χ3v) is 2.82. The van der Waals surface area contributed by atoms with Crippen molar-refractivity contribution in [3.05, 3.63) is 48.2 Å². The van der Waals surface area contributed by atoms with Gasteiger partial charge in [-0.1, -0.05) is 23.8 Å². The zero-order valence-electron chi connectivity index (χ0n) is 10.3. The molecule has 4 heteroatoms. The standard InChI is InChI=1S/C14H13N3O/c1-10-5-3-6-11(9-10)13-15-14-12(18-2)7-4-8-17(14)16-13/h3-9H,1-2H3. The van der Waals surface area contributed by atoms with Crippen molar-refractivity contribution in [2.24, 2.45) is 0 Å². The Balaban J connectivity index is 2.19. The molecule has 0 fully saturated rings. The SMILES string of the molecule is COc1cccn2nc(-c3cccc(C)c3)nc12. The van der Waals surface area contributed by atoms with Crippen LogP contribution < -0.4 is 4.74 Å². The Bertz CT molecular complexity index is 703. The molecular formula is C14H13N3O. The third-order valence-electron chi connectivity index (χ3n) is 2.82. The second-order valence-electron chi connectivity index (χ2n) is 4.15. The van der Waals surface area contributed by atoms with Gasteiger partial charge >= 0.3 is 0 Å². The van der Waals surface area contributed by atoms with Gasteiger partial charge in [0.15, 0.2) is 17.2 Å². The first kappa shape index (κ1) is 10.8. The fourth-order valence-corrected chi connectivity index (χ4v) is 1.95. The van der Waals surface area contributed by atoms with Gasteiger partial charge in [-0.15, -0.1) is 5.10 Å². The van der Waals surface area contributed by atoms with Crippen LogP contribution in [0.5, 0.6) is 5.75 Å². The molecule has 0 aliphatic carbocycles. The van der Waals surface area contributed by atoms with Crippen LogP contribution >= 0.6 is 0 Å². The Labute approximate surface area is 105 Å². The fraction of sp³-hybridized carbons (Fsp3) is 0.143. The number of pyridine rings is 1. The van der Waals surface area contributed by atoms with Crippen LogP contribution in [0.3, 0.4) is 0 Å². The molecule has 0 amide bonds. The number of methoxy groups -OCH3 is 1. The van der Waals surface area contributed by atoms with E-state index in [4.69, 9.17) is 4.74 Å². The lowest BCUT2D eigenvalue weighted by Gasteiger charge is -1.98. The van der Waals surface area contributed by atoms with Gasteiger partial charge in [-0.05, 0) is 25.1 Å². The summed E-state index contributed by atoms with van der Waals surface area (Å²) in [6.45, 7) is 2.06. The highest BCUT2D eigenvalue weighted by Crippen LogP contribution is 2.22. The molecule has 3 rings (SSSR count). The Morgan fingerprint density at radius 1 is 1.17 bits per heavy atom. The molecule has 2 heterocycles. The maximum absolute atomic E-state index is 5.28. The quantitative estimate of drug-likeness (QED) is 0.690. The highest BCUT2D eigenvalue weighted by Gasteiger charge is 2.09. The highest BCUT2D eigenvalue weighted by molar-refractivity contribution is 5.62. The molecule has 0 spiro atoms. The summed E-state index contributed by atoms with van der Waals surface area (Å²) in [4.78, 5) is 4.52. The van der Waals surface area contributed by atoms with E-state index >= 15 is 0 Å². The zero-order valence-corrected chi connectivity index (χ0v) is 10.3. The van der Waals surface area contributed by atoms with Crippen molar-refractivity contribution >= 4 is 5.65 Å². The molecule has 2 aromatic heterocycles. The lowest BCUT2D eigenvalue weighted by molar-refractivity contribution is 0.416. The molecule has 0 atom stereocenters. The van der Waals surface area contributed by atoms with Crippen LogP contribution in [-0.2, 0) is 0 Å². The maximum atomic E-state index is 5.28. The van der Waals surface area contributed by atoms with E-state index in [1.807, 2.05) is 30.5 Å². The average Bonchev–Trinajstić information content (AvgIpc) is 2.82. The van der Waals surface area contributed by atoms with E-state index in [0.29, 0.717) is 5.82 Å². The number of aromatic nitrogens is 3. The van der Waals surface area contributed by atoms with Crippen LogP contribution in [0.25, 0.3) is 17.0 Å². The minimum atomic E-state index is 0.711. The number of ether oxygens (including phenoxy) is 1. The summed E-state index contributed by atoms with van der Waals surface area (Å²) >= 11 is 0. The molecule has 0 aliphatic rings. The van der Waals surface area contributed by atoms with Crippen LogP contribution in [0.15, 0.2) is 42.6 Å². The monoisotopic (exact) mass is 239 g/mol. The summed E-state index contributed by atoms with van der Waals surface area (Å²) in [5.41, 5.74) is 2.94. The molecule has 0 saturated carbocycles. The molecule has 4 nitrogen and oxygen atoms in total. The average molecular weight is 239 g/mol. The van der Waals surface area contributed by atoms with Crippen molar-refractivity contribution in [2.75, 3.05) is 7.11 Å². The van der Waals surface area contributed by atoms with Gasteiger partial charge < -0.3 is 4.74 Å². The first-order valence-corrected chi connectivity index (χ1v) is 5.74. The van der Waals surface area contributed by atoms with Crippen LogP contribution in [0.4, 0.5) is 0 Å². The fourth-order valence-electron chi connectivity index (χ4n) is 1.95. The lowest BCUT2D eigenvalue weighted by atomic mass is 10.1. The van der Waals surface area contributed by atoms with Gasteiger partial charge in [0.1, 0.15) is 0 Å². The number of fused-ring (bicyclic) bond motifs is 1. The van der Waals surface area contributed by atoms with Crippen LogP contribution in [-0.4, -0.2) is 21.7 Å². The second-order valence-corrected chi connectivity index (χ2v) is 4.15. The first-order chi connectivity index (χ1) is 8.78. The summed E-state index contributed by atoms with van der Waals surface area (Å²) < 4.78 is 7.01. The number of aryl methyl sites for hydroxylation is 1. The summed E-state index contributed by atoms with van der Waals surface area (Å²) in [6.07, 6.45) is 1.87. The van der Waals surface area contributed by atoms with Gasteiger partial charge in [-0.3, -0.25) is 0 Å². The molecule has 3 aromatic rings. The maximum Gasteiger partial charge on any atom is 0.198 e. The lowest BCUT2D eigenvalue weighted by Crippen LogP contribution is -1.90. The number of benzene rings is 1. The topological polar surface area (TPSA) is 39.4 Å². The van der Waals surface area contributed by atoms with E-state index in [1.54, 1.807) is 11.6 Å². The molecule has 0 saturated heterocycles. The van der Waals surface area contributed by atoms with Crippen molar-refractivity contribution in [2.45, 2.75) is 6.92 Å². The van der Waals surface area contributed by atoms with E-state index in [-0.39, 0.29) is 0 Å². The minimum absolute atomic E-state index is 0.711. The van der Waals surface area contributed by atoms with E-state index in [2.05, 4.69) is 29.1 Å². The Morgan fingerprint density at radius 3 is 2.83 bits per heavy atom. The summed E-state index contributed by atoms with van der Waals surface area (Å²) in [6, 6.07) is 11.9. The Kier molecular flexibility index (Phi) is 2.48. The van der Waals surface area contributed by atoms with Crippen molar-refractivity contribution in [3.63, 3.8) is 0 Å². The van der Waals surface area contributed by atoms with Crippen LogP contribution in [0.2, 0.25) is 0 Å². The number of rotatable bonds is 2. The van der Waals surface area contributed by atoms with E-state index in [0.717, 1.165) is 17.0 Å². The molecule has 0 aliphatic heterocycles. The Morgan fingerprint density at radius 2 is 2.06 bits per heavy atom. The zero-order chi connectivity index (χ0) is 12.5. The number of nitrogens with zero attached hydrogens (tertiary/aromatic N) is 3. The van der Waals surface area contributed by atoms with Gasteiger partial charge in [-0.2, -0.15) is 0 Å². The third kappa shape index (κ3) is 1.72. The second kappa shape index (κ2) is 4.14. The summed E-state index contributed by atoms with van der Waals surface area (Å²) in [5.74, 6) is 1.44. The van der Waals surface area contributed by atoms with Crippen molar-refractivity contribution in [1.29, 1.82) is 0 Å². The van der Waals surface area contributed by atoms with Crippen molar-refractivity contribution in [1.82, 2.24) is 14.6 Å². The van der Waals surface area contributed by atoms with Crippen LogP contribution in [0.1, 0.15) is 5.56 Å². The van der Waals surface area contributed by atoms with E-state index in [9.17, 15) is 0 Å². The summed E-state index contributed by atoms with van der Waals surface area (Å²) in [7, 11) is 1.64. The first-order valence-electron chi connectivity index (χ1n) is 5.74. The van der Waals surface area contributed by atoms with Crippen LogP contribution in [0, 0.1) is 6.92 Å². The smallest absolute Gasteiger partial charge is 0.198 e. The predicted molar refractivity (Wildman–Crippen MR) is 69.7 cm³/mol. The largest absolute Gasteiger partial charge is 0.493 e. The van der Waals surface area contributed by atoms with E-state index < -0.39 is 0 Å². The predicted octanol–water partition coefficient (Wildman–Crippen LogP) is 2.71. The van der Waals surface area contributed by atoms with Crippen molar-refractivity contribution < 1.29 is 4.74 Å². The molecule has 0 bridgehead atoms. The number of hydrogen-bond acceptors (Lipinski definition) is 3.